The molecule has 0 saturated carbocycles. The maximum absolute atomic E-state index is 12.4. The number of thiol groups is 1. The fraction of sp³-hybridized carbons (Fsp3) is 0.688. The van der Waals surface area contributed by atoms with E-state index in [1.165, 1.54) is 6.92 Å². The van der Waals surface area contributed by atoms with E-state index in [9.17, 15) is 29.4 Å². The van der Waals surface area contributed by atoms with Crippen molar-refractivity contribution in [2.75, 3.05) is 18.9 Å². The Labute approximate surface area is 184 Å². The molecular weight excluding hydrogens is 434 g/mol. The third-order valence-corrected chi connectivity index (χ3v) is 4.34. The molecule has 0 rings (SSSR count). The number of amides is 3. The van der Waals surface area contributed by atoms with Crippen LogP contribution in [0.25, 0.3) is 0 Å². The van der Waals surface area contributed by atoms with Crippen LogP contribution in [0.4, 0.5) is 0 Å². The van der Waals surface area contributed by atoms with Gasteiger partial charge in [-0.15, -0.1) is 0 Å². The smallest absolute Gasteiger partial charge is 0.326 e. The van der Waals surface area contributed by atoms with Gasteiger partial charge in [0.1, 0.15) is 24.2 Å². The summed E-state index contributed by atoms with van der Waals surface area (Å²) in [5, 5.41) is 34.7. The second-order valence-corrected chi connectivity index (χ2v) is 6.97. The predicted octanol–water partition coefficient (Wildman–Crippen LogP) is -4.79. The van der Waals surface area contributed by atoms with Crippen molar-refractivity contribution in [1.82, 2.24) is 16.0 Å². The lowest BCUT2D eigenvalue weighted by atomic mass is 10.1. The first kappa shape index (κ1) is 28.4. The molecule has 0 fully saturated rings. The van der Waals surface area contributed by atoms with Crippen molar-refractivity contribution < 1.29 is 34.5 Å². The monoisotopic (exact) mass is 465 g/mol. The number of aliphatic carboxylic acids is 1. The van der Waals surface area contributed by atoms with Crippen LogP contribution < -0.4 is 33.2 Å². The lowest BCUT2D eigenvalue weighted by Crippen LogP contribution is -2.60. The van der Waals surface area contributed by atoms with E-state index in [0.717, 1.165) is 0 Å². The molecule has 31 heavy (non-hydrogen) atoms. The van der Waals surface area contributed by atoms with Gasteiger partial charge in [0.2, 0.25) is 17.7 Å². The van der Waals surface area contributed by atoms with Crippen LogP contribution in [0, 0.1) is 0 Å². The number of carboxylic acids is 1. The second-order valence-electron chi connectivity index (χ2n) is 6.61. The van der Waals surface area contributed by atoms with Crippen LogP contribution in [0.5, 0.6) is 0 Å². The summed E-state index contributed by atoms with van der Waals surface area (Å²) in [6.07, 6.45) is -1.06. The number of carbonyl (C=O) groups excluding carboxylic acids is 3. The van der Waals surface area contributed by atoms with E-state index in [0.29, 0.717) is 0 Å². The van der Waals surface area contributed by atoms with E-state index in [1.807, 2.05) is 0 Å². The van der Waals surface area contributed by atoms with Crippen LogP contribution in [0.1, 0.15) is 19.8 Å². The molecule has 0 aromatic carbocycles. The van der Waals surface area contributed by atoms with Crippen molar-refractivity contribution in [3.63, 3.8) is 0 Å². The van der Waals surface area contributed by atoms with E-state index in [4.69, 9.17) is 22.3 Å². The number of nitrogens with one attached hydrogen (secondary N) is 3. The van der Waals surface area contributed by atoms with Gasteiger partial charge >= 0.3 is 5.97 Å². The minimum Gasteiger partial charge on any atom is -0.480 e. The molecule has 0 aliphatic carbocycles. The van der Waals surface area contributed by atoms with Crippen LogP contribution >= 0.6 is 12.6 Å². The molecule has 0 heterocycles. The van der Waals surface area contributed by atoms with Crippen molar-refractivity contribution >= 4 is 42.3 Å². The van der Waals surface area contributed by atoms with Gasteiger partial charge in [0, 0.05) is 12.3 Å². The van der Waals surface area contributed by atoms with Crippen molar-refractivity contribution in [2.45, 2.75) is 50.0 Å². The number of carbonyl (C=O) groups is 4. The Morgan fingerprint density at radius 2 is 1.61 bits per heavy atom. The fourth-order valence-corrected chi connectivity index (χ4v) is 2.49. The summed E-state index contributed by atoms with van der Waals surface area (Å²) < 4.78 is 0. The van der Waals surface area contributed by atoms with Gasteiger partial charge in [-0.1, -0.05) is 0 Å². The number of aliphatic imine (C=N–C) groups is 1. The summed E-state index contributed by atoms with van der Waals surface area (Å²) >= 11 is 3.98. The highest BCUT2D eigenvalue weighted by molar-refractivity contribution is 7.80. The van der Waals surface area contributed by atoms with Crippen molar-refractivity contribution in [3.05, 3.63) is 0 Å². The first-order valence-electron chi connectivity index (χ1n) is 9.29. The van der Waals surface area contributed by atoms with Crippen molar-refractivity contribution in [3.8, 4) is 0 Å². The molecule has 0 aromatic heterocycles. The van der Waals surface area contributed by atoms with Gasteiger partial charge in [-0.05, 0) is 19.8 Å². The third-order valence-electron chi connectivity index (χ3n) is 3.97. The SMILES string of the molecule is CC(O)C(NC(=O)C(N)CO)C(=O)NC(CS)C(=O)NC(CCCN=C(N)N)C(=O)O. The Morgan fingerprint density at radius 3 is 2.06 bits per heavy atom. The van der Waals surface area contributed by atoms with Crippen LogP contribution in [0.3, 0.4) is 0 Å². The van der Waals surface area contributed by atoms with Crippen LogP contribution in [-0.2, 0) is 19.2 Å². The van der Waals surface area contributed by atoms with Gasteiger partial charge in [0.05, 0.1) is 12.7 Å². The zero-order chi connectivity index (χ0) is 24.1. The van der Waals surface area contributed by atoms with Crippen LogP contribution in [0.15, 0.2) is 4.99 Å². The van der Waals surface area contributed by atoms with Crippen LogP contribution in [0.2, 0.25) is 0 Å². The highest BCUT2D eigenvalue weighted by atomic mass is 32.1. The number of aliphatic hydroxyl groups is 2. The van der Waals surface area contributed by atoms with Gasteiger partial charge < -0.3 is 48.5 Å². The second kappa shape index (κ2) is 14.4. The third kappa shape index (κ3) is 10.8. The van der Waals surface area contributed by atoms with E-state index < -0.39 is 60.6 Å². The standard InChI is InChI=1S/C16H31N7O7S/c1-7(25)11(23-12(26)8(17)5-24)14(28)22-10(6-31)13(27)21-9(15(29)30)3-2-4-20-16(18)19/h7-11,24-25,31H,2-6,17H2,1H3,(H,21,27)(H,22,28)(H,23,26)(H,29,30)(H4,18,19,20). The van der Waals surface area contributed by atoms with E-state index in [-0.39, 0.29) is 31.1 Å². The van der Waals surface area contributed by atoms with Gasteiger partial charge in [0.25, 0.3) is 0 Å². The number of nitrogens with two attached hydrogens (primary N) is 3. The van der Waals surface area contributed by atoms with E-state index in [2.05, 4.69) is 33.6 Å². The molecule has 14 nitrogen and oxygen atoms in total. The highest BCUT2D eigenvalue weighted by Crippen LogP contribution is 2.02. The quantitative estimate of drug-likeness (QED) is 0.0506. The molecule has 0 aliphatic rings. The normalized spacial score (nSPS) is 15.5. The lowest BCUT2D eigenvalue weighted by Gasteiger charge is -2.25. The number of carboxylic acid groups (broad SMARTS) is 1. The molecule has 12 N–H and O–H groups in total. The molecule has 5 unspecified atom stereocenters. The number of nitrogens with zero attached hydrogens (tertiary/aromatic N) is 1. The average Bonchev–Trinajstić information content (AvgIpc) is 2.70. The number of hydrogen-bond acceptors (Lipinski definition) is 9. The number of guanidine groups is 1. The van der Waals surface area contributed by atoms with E-state index in [1.54, 1.807) is 0 Å². The summed E-state index contributed by atoms with van der Waals surface area (Å²) in [5.41, 5.74) is 15.7. The summed E-state index contributed by atoms with van der Waals surface area (Å²) in [5.74, 6) is -4.29. The lowest BCUT2D eigenvalue weighted by molar-refractivity contribution is -0.142. The molecule has 0 aliphatic heterocycles. The summed E-state index contributed by atoms with van der Waals surface area (Å²) in [6.45, 7) is 0.712. The Hall–Kier alpha value is -2.62. The zero-order valence-corrected chi connectivity index (χ0v) is 17.9. The molecule has 178 valence electrons. The first-order chi connectivity index (χ1) is 14.4. The van der Waals surface area contributed by atoms with E-state index >= 15 is 0 Å². The average molecular weight is 466 g/mol. The fourth-order valence-electron chi connectivity index (χ4n) is 2.24. The van der Waals surface area contributed by atoms with Crippen molar-refractivity contribution in [2.24, 2.45) is 22.2 Å². The molecule has 0 radical (unpaired) electrons. The highest BCUT2D eigenvalue weighted by Gasteiger charge is 2.31. The largest absolute Gasteiger partial charge is 0.480 e. The minimum atomic E-state index is -1.48. The maximum atomic E-state index is 12.4. The molecule has 5 atom stereocenters. The first-order valence-corrected chi connectivity index (χ1v) is 9.92. The Morgan fingerprint density at radius 1 is 1.03 bits per heavy atom. The summed E-state index contributed by atoms with van der Waals surface area (Å²) in [6, 6.07) is -5.32. The molecule has 0 aromatic rings. The number of rotatable bonds is 14. The van der Waals surface area contributed by atoms with Crippen LogP contribution in [-0.4, -0.2) is 94.1 Å². The number of aliphatic hydroxyl groups excluding tert-OH is 2. The molecule has 3 amide bonds. The Kier molecular flexibility index (Phi) is 13.2. The topological polar surface area (TPSA) is 255 Å². The van der Waals surface area contributed by atoms with Crippen molar-refractivity contribution in [1.29, 1.82) is 0 Å². The zero-order valence-electron chi connectivity index (χ0n) is 17.0. The molecular formula is C16H31N7O7S. The predicted molar refractivity (Wildman–Crippen MR) is 114 cm³/mol. The molecule has 15 heteroatoms. The number of hydrogen-bond donors (Lipinski definition) is 10. The van der Waals surface area contributed by atoms with Gasteiger partial charge in [0.15, 0.2) is 5.96 Å². The maximum Gasteiger partial charge on any atom is 0.326 e. The molecule has 0 spiro atoms. The summed E-state index contributed by atoms with van der Waals surface area (Å²) in [7, 11) is 0. The van der Waals surface area contributed by atoms with Gasteiger partial charge in [-0.3, -0.25) is 19.4 Å². The molecule has 0 saturated heterocycles. The molecule has 0 bridgehead atoms. The Balaban J connectivity index is 5.07. The van der Waals surface area contributed by atoms with Gasteiger partial charge in [-0.2, -0.15) is 12.6 Å². The van der Waals surface area contributed by atoms with Gasteiger partial charge in [-0.25, -0.2) is 4.79 Å². The minimum absolute atomic E-state index is 0.0243. The Bertz CT molecular complexity index is 658. The summed E-state index contributed by atoms with van der Waals surface area (Å²) in [4.78, 5) is 51.8.